The standard InChI is InChI=1S/C22H29N3O2/c1-13(2)10-22(5,23)12-27-19-8-7-16-17-9-14(3)24-11-18(17)25(6)21(26)20(16)15(19)4/h7-9,11,13H,10,12,23H2,1-6H3. The minimum absolute atomic E-state index is 0.0382. The largest absolute Gasteiger partial charge is 0.491 e. The molecule has 1 unspecified atom stereocenters. The fraction of sp³-hybridized carbons (Fsp3) is 0.455. The SMILES string of the molecule is Cc1cc2c3ccc(OCC(C)(N)CC(C)C)c(C)c3c(=O)n(C)c2cn1. The van der Waals surface area contributed by atoms with Gasteiger partial charge in [0.2, 0.25) is 0 Å². The lowest BCUT2D eigenvalue weighted by Gasteiger charge is -2.27. The quantitative estimate of drug-likeness (QED) is 0.696. The average Bonchev–Trinajstić information content (AvgIpc) is 2.57. The molecule has 3 aromatic rings. The zero-order valence-electron chi connectivity index (χ0n) is 17.1. The van der Waals surface area contributed by atoms with Crippen LogP contribution in [0.4, 0.5) is 0 Å². The van der Waals surface area contributed by atoms with Gasteiger partial charge in [-0.25, -0.2) is 0 Å². The van der Waals surface area contributed by atoms with E-state index in [0.29, 0.717) is 23.7 Å². The molecule has 0 aliphatic rings. The summed E-state index contributed by atoms with van der Waals surface area (Å²) in [4.78, 5) is 17.3. The van der Waals surface area contributed by atoms with Crippen LogP contribution in [0.2, 0.25) is 0 Å². The molecule has 0 saturated carbocycles. The smallest absolute Gasteiger partial charge is 0.259 e. The molecular formula is C22H29N3O2. The van der Waals surface area contributed by atoms with Gasteiger partial charge in [-0.15, -0.1) is 0 Å². The second kappa shape index (κ2) is 6.97. The molecule has 5 heteroatoms. The number of hydrogen-bond donors (Lipinski definition) is 1. The van der Waals surface area contributed by atoms with Crippen molar-refractivity contribution in [3.05, 3.63) is 46.0 Å². The Labute approximate surface area is 160 Å². The normalized spacial score (nSPS) is 14.1. The van der Waals surface area contributed by atoms with Crippen LogP contribution in [-0.4, -0.2) is 21.7 Å². The van der Waals surface area contributed by atoms with Crippen molar-refractivity contribution >= 4 is 21.7 Å². The Kier molecular flexibility index (Phi) is 5.00. The van der Waals surface area contributed by atoms with E-state index in [2.05, 4.69) is 18.8 Å². The number of nitrogens with two attached hydrogens (primary N) is 1. The number of benzene rings is 1. The summed E-state index contributed by atoms with van der Waals surface area (Å²) in [5.41, 5.74) is 8.53. The van der Waals surface area contributed by atoms with Crippen LogP contribution >= 0.6 is 0 Å². The van der Waals surface area contributed by atoms with Gasteiger partial charge in [0.25, 0.3) is 5.56 Å². The van der Waals surface area contributed by atoms with Gasteiger partial charge in [0.15, 0.2) is 0 Å². The molecule has 3 rings (SSSR count). The summed E-state index contributed by atoms with van der Waals surface area (Å²) in [6.45, 7) is 10.6. The van der Waals surface area contributed by atoms with Gasteiger partial charge in [-0.1, -0.05) is 13.8 Å². The summed E-state index contributed by atoms with van der Waals surface area (Å²) in [5, 5.41) is 2.65. The van der Waals surface area contributed by atoms with Crippen molar-refractivity contribution in [2.45, 2.75) is 46.6 Å². The van der Waals surface area contributed by atoms with Crippen LogP contribution in [0.15, 0.2) is 29.2 Å². The van der Waals surface area contributed by atoms with E-state index in [9.17, 15) is 4.79 Å². The lowest BCUT2D eigenvalue weighted by Crippen LogP contribution is -2.43. The topological polar surface area (TPSA) is 70.1 Å². The third kappa shape index (κ3) is 3.69. The minimum atomic E-state index is -0.410. The number of nitrogens with zero attached hydrogens (tertiary/aromatic N) is 2. The average molecular weight is 367 g/mol. The molecule has 0 radical (unpaired) electrons. The van der Waals surface area contributed by atoms with Crippen molar-refractivity contribution in [1.29, 1.82) is 0 Å². The van der Waals surface area contributed by atoms with Crippen molar-refractivity contribution in [2.75, 3.05) is 6.61 Å². The van der Waals surface area contributed by atoms with Crippen LogP contribution in [0.25, 0.3) is 21.7 Å². The molecule has 0 amide bonds. The third-order valence-electron chi connectivity index (χ3n) is 5.04. The lowest BCUT2D eigenvalue weighted by atomic mass is 9.93. The summed E-state index contributed by atoms with van der Waals surface area (Å²) in [6, 6.07) is 5.94. The van der Waals surface area contributed by atoms with Crippen molar-refractivity contribution < 1.29 is 4.74 Å². The van der Waals surface area contributed by atoms with Crippen LogP contribution in [-0.2, 0) is 7.05 Å². The zero-order chi connectivity index (χ0) is 19.9. The van der Waals surface area contributed by atoms with Crippen molar-refractivity contribution in [1.82, 2.24) is 9.55 Å². The third-order valence-corrected chi connectivity index (χ3v) is 5.04. The van der Waals surface area contributed by atoms with E-state index >= 15 is 0 Å². The first-order valence-corrected chi connectivity index (χ1v) is 9.41. The molecule has 1 atom stereocenters. The van der Waals surface area contributed by atoms with Crippen LogP contribution in [0, 0.1) is 19.8 Å². The fourth-order valence-electron chi connectivity index (χ4n) is 3.90. The lowest BCUT2D eigenvalue weighted by molar-refractivity contribution is 0.206. The summed E-state index contributed by atoms with van der Waals surface area (Å²) in [5.74, 6) is 1.21. The first-order chi connectivity index (χ1) is 12.6. The summed E-state index contributed by atoms with van der Waals surface area (Å²) < 4.78 is 7.72. The molecule has 0 bridgehead atoms. The summed E-state index contributed by atoms with van der Waals surface area (Å²) in [7, 11) is 1.79. The number of pyridine rings is 2. The van der Waals surface area contributed by atoms with Gasteiger partial charge in [-0.2, -0.15) is 0 Å². The van der Waals surface area contributed by atoms with Gasteiger partial charge < -0.3 is 15.0 Å². The van der Waals surface area contributed by atoms with Gasteiger partial charge in [0.1, 0.15) is 12.4 Å². The minimum Gasteiger partial charge on any atom is -0.491 e. The van der Waals surface area contributed by atoms with Crippen molar-refractivity contribution in [3.8, 4) is 5.75 Å². The van der Waals surface area contributed by atoms with E-state index < -0.39 is 5.54 Å². The van der Waals surface area contributed by atoms with Crippen molar-refractivity contribution in [3.63, 3.8) is 0 Å². The van der Waals surface area contributed by atoms with E-state index in [0.717, 1.165) is 34.0 Å². The van der Waals surface area contributed by atoms with Crippen LogP contribution < -0.4 is 16.0 Å². The molecule has 0 aliphatic heterocycles. The Balaban J connectivity index is 2.11. The summed E-state index contributed by atoms with van der Waals surface area (Å²) in [6.07, 6.45) is 2.63. The van der Waals surface area contributed by atoms with E-state index in [-0.39, 0.29) is 5.56 Å². The molecule has 1 aromatic carbocycles. The highest BCUT2D eigenvalue weighted by Gasteiger charge is 2.22. The maximum atomic E-state index is 13.0. The van der Waals surface area contributed by atoms with E-state index in [1.54, 1.807) is 17.8 Å². The summed E-state index contributed by atoms with van der Waals surface area (Å²) >= 11 is 0. The molecule has 5 nitrogen and oxygen atoms in total. The van der Waals surface area contributed by atoms with Gasteiger partial charge >= 0.3 is 0 Å². The maximum absolute atomic E-state index is 13.0. The number of hydrogen-bond acceptors (Lipinski definition) is 4. The Hall–Kier alpha value is -2.40. The Morgan fingerprint density at radius 3 is 2.63 bits per heavy atom. The monoisotopic (exact) mass is 367 g/mol. The molecule has 0 saturated heterocycles. The highest BCUT2D eigenvalue weighted by Crippen LogP contribution is 2.30. The van der Waals surface area contributed by atoms with Gasteiger partial charge in [-0.05, 0) is 56.7 Å². The Morgan fingerprint density at radius 2 is 1.96 bits per heavy atom. The molecule has 144 valence electrons. The zero-order valence-corrected chi connectivity index (χ0v) is 17.1. The number of aryl methyl sites for hydroxylation is 3. The number of ether oxygens (including phenoxy) is 1. The van der Waals surface area contributed by atoms with E-state index in [4.69, 9.17) is 10.5 Å². The first-order valence-electron chi connectivity index (χ1n) is 9.41. The predicted octanol–water partition coefficient (Wildman–Crippen LogP) is 3.85. The van der Waals surface area contributed by atoms with Crippen molar-refractivity contribution in [2.24, 2.45) is 18.7 Å². The van der Waals surface area contributed by atoms with Gasteiger partial charge in [-0.3, -0.25) is 9.78 Å². The Bertz CT molecular complexity index is 1060. The van der Waals surface area contributed by atoms with E-state index in [1.165, 1.54) is 0 Å². The molecule has 0 aliphatic carbocycles. The maximum Gasteiger partial charge on any atom is 0.259 e. The van der Waals surface area contributed by atoms with Gasteiger partial charge in [0, 0.05) is 29.2 Å². The molecule has 0 fully saturated rings. The van der Waals surface area contributed by atoms with E-state index in [1.807, 2.05) is 39.0 Å². The first kappa shape index (κ1) is 19.4. The number of fused-ring (bicyclic) bond motifs is 3. The molecule has 2 heterocycles. The fourth-order valence-corrected chi connectivity index (χ4v) is 3.90. The number of rotatable bonds is 5. The van der Waals surface area contributed by atoms with Crippen LogP contribution in [0.3, 0.4) is 0 Å². The number of aromatic nitrogens is 2. The van der Waals surface area contributed by atoms with Gasteiger partial charge in [0.05, 0.1) is 17.1 Å². The molecular weight excluding hydrogens is 338 g/mol. The molecule has 2 aromatic heterocycles. The molecule has 0 spiro atoms. The second-order valence-corrected chi connectivity index (χ2v) is 8.36. The molecule has 2 N–H and O–H groups in total. The predicted molar refractivity (Wildman–Crippen MR) is 112 cm³/mol. The second-order valence-electron chi connectivity index (χ2n) is 8.36. The van der Waals surface area contributed by atoms with Crippen LogP contribution in [0.1, 0.15) is 38.4 Å². The highest BCUT2D eigenvalue weighted by molar-refractivity contribution is 6.07. The Morgan fingerprint density at radius 1 is 1.26 bits per heavy atom. The van der Waals surface area contributed by atoms with Crippen LogP contribution in [0.5, 0.6) is 5.75 Å². The highest BCUT2D eigenvalue weighted by atomic mass is 16.5. The molecule has 27 heavy (non-hydrogen) atoms.